The number of benzene rings is 1. The van der Waals surface area contributed by atoms with Gasteiger partial charge >= 0.3 is 0 Å². The molecule has 0 spiro atoms. The molecule has 1 fully saturated rings. The molecule has 1 saturated heterocycles. The lowest BCUT2D eigenvalue weighted by Gasteiger charge is -2.27. The molecule has 0 bridgehead atoms. The maximum absolute atomic E-state index is 5.73. The Morgan fingerprint density at radius 1 is 1.35 bits per heavy atom. The summed E-state index contributed by atoms with van der Waals surface area (Å²) in [6.45, 7) is 7.01. The van der Waals surface area contributed by atoms with Gasteiger partial charge in [-0.3, -0.25) is 0 Å². The van der Waals surface area contributed by atoms with Crippen molar-refractivity contribution in [2.45, 2.75) is 38.8 Å². The maximum atomic E-state index is 5.73. The first-order valence-electron chi connectivity index (χ1n) is 7.69. The number of nitrogens with one attached hydrogen (secondary N) is 1. The van der Waals surface area contributed by atoms with Crippen LogP contribution in [0.4, 0.5) is 0 Å². The Kier molecular flexibility index (Phi) is 6.02. The van der Waals surface area contributed by atoms with E-state index in [1.54, 1.807) is 7.11 Å². The van der Waals surface area contributed by atoms with Gasteiger partial charge in [-0.1, -0.05) is 31.2 Å². The molecule has 1 aromatic carbocycles. The average Bonchev–Trinajstić information content (AvgIpc) is 2.89. The minimum atomic E-state index is 0.340. The summed E-state index contributed by atoms with van der Waals surface area (Å²) in [4.78, 5) is 0. The van der Waals surface area contributed by atoms with E-state index in [9.17, 15) is 0 Å². The molecule has 0 aliphatic carbocycles. The van der Waals surface area contributed by atoms with Crippen molar-refractivity contribution in [2.24, 2.45) is 5.92 Å². The third-order valence-electron chi connectivity index (χ3n) is 4.22. The Labute approximate surface area is 122 Å². The van der Waals surface area contributed by atoms with Crippen molar-refractivity contribution in [1.82, 2.24) is 5.32 Å². The molecule has 0 radical (unpaired) electrons. The molecule has 112 valence electrons. The van der Waals surface area contributed by atoms with Crippen LogP contribution in [0.5, 0.6) is 0 Å². The lowest BCUT2D eigenvalue weighted by molar-refractivity contribution is 0.0956. The molecule has 0 aromatic heterocycles. The summed E-state index contributed by atoms with van der Waals surface area (Å²) in [5.74, 6) is 0.569. The van der Waals surface area contributed by atoms with Gasteiger partial charge in [0.2, 0.25) is 0 Å². The SMILES string of the molecule is CCNC(c1ccc(CCOC)cc1)C1CCOC1C. The second-order valence-corrected chi connectivity index (χ2v) is 5.55. The summed E-state index contributed by atoms with van der Waals surface area (Å²) in [6, 6.07) is 9.35. The Morgan fingerprint density at radius 2 is 2.10 bits per heavy atom. The van der Waals surface area contributed by atoms with E-state index in [1.165, 1.54) is 11.1 Å². The van der Waals surface area contributed by atoms with Crippen molar-refractivity contribution in [3.05, 3.63) is 35.4 Å². The van der Waals surface area contributed by atoms with Crippen LogP contribution in [0, 0.1) is 5.92 Å². The Balaban J connectivity index is 2.08. The third kappa shape index (κ3) is 3.81. The van der Waals surface area contributed by atoms with Gasteiger partial charge in [-0.15, -0.1) is 0 Å². The van der Waals surface area contributed by atoms with E-state index >= 15 is 0 Å². The highest BCUT2D eigenvalue weighted by molar-refractivity contribution is 5.26. The summed E-state index contributed by atoms with van der Waals surface area (Å²) in [7, 11) is 1.75. The first kappa shape index (κ1) is 15.5. The topological polar surface area (TPSA) is 30.5 Å². The summed E-state index contributed by atoms with van der Waals surface area (Å²) in [5, 5.41) is 3.63. The molecule has 20 heavy (non-hydrogen) atoms. The van der Waals surface area contributed by atoms with Crippen LogP contribution in [-0.2, 0) is 15.9 Å². The molecular weight excluding hydrogens is 250 g/mol. The molecule has 1 aliphatic rings. The molecule has 3 nitrogen and oxygen atoms in total. The quantitative estimate of drug-likeness (QED) is 0.831. The van der Waals surface area contributed by atoms with Gasteiger partial charge in [0.15, 0.2) is 0 Å². The average molecular weight is 277 g/mol. The minimum Gasteiger partial charge on any atom is -0.384 e. The fourth-order valence-electron chi connectivity index (χ4n) is 3.03. The van der Waals surface area contributed by atoms with Gasteiger partial charge in [0.1, 0.15) is 0 Å². The van der Waals surface area contributed by atoms with E-state index in [0.29, 0.717) is 18.1 Å². The van der Waals surface area contributed by atoms with Crippen molar-refractivity contribution < 1.29 is 9.47 Å². The first-order chi connectivity index (χ1) is 9.76. The zero-order valence-corrected chi connectivity index (χ0v) is 12.9. The summed E-state index contributed by atoms with van der Waals surface area (Å²) >= 11 is 0. The van der Waals surface area contributed by atoms with E-state index in [4.69, 9.17) is 9.47 Å². The van der Waals surface area contributed by atoms with Crippen LogP contribution in [0.25, 0.3) is 0 Å². The second kappa shape index (κ2) is 7.77. The third-order valence-corrected chi connectivity index (χ3v) is 4.22. The van der Waals surface area contributed by atoms with Crippen LogP contribution in [-0.4, -0.2) is 33.0 Å². The van der Waals surface area contributed by atoms with Crippen LogP contribution < -0.4 is 5.32 Å². The number of rotatable bonds is 7. The Hall–Kier alpha value is -0.900. The molecule has 0 amide bonds. The number of ether oxygens (including phenoxy) is 2. The standard InChI is InChI=1S/C17H27NO2/c1-4-18-17(16-10-12-20-13(16)2)15-7-5-14(6-8-15)9-11-19-3/h5-8,13,16-18H,4,9-12H2,1-3H3. The Morgan fingerprint density at radius 3 is 2.65 bits per heavy atom. The smallest absolute Gasteiger partial charge is 0.0594 e. The fourth-order valence-corrected chi connectivity index (χ4v) is 3.03. The lowest BCUT2D eigenvalue weighted by Crippen LogP contribution is -2.31. The summed E-state index contributed by atoms with van der Waals surface area (Å²) in [6.07, 6.45) is 2.46. The predicted octanol–water partition coefficient (Wildman–Crippen LogP) is 2.95. The zero-order valence-electron chi connectivity index (χ0n) is 12.9. The van der Waals surface area contributed by atoms with Crippen molar-refractivity contribution in [3.8, 4) is 0 Å². The second-order valence-electron chi connectivity index (χ2n) is 5.55. The molecule has 1 N–H and O–H groups in total. The van der Waals surface area contributed by atoms with E-state index in [0.717, 1.165) is 32.6 Å². The van der Waals surface area contributed by atoms with Crippen molar-refractivity contribution in [2.75, 3.05) is 26.9 Å². The molecule has 1 aromatic rings. The van der Waals surface area contributed by atoms with Crippen molar-refractivity contribution >= 4 is 0 Å². The highest BCUT2D eigenvalue weighted by Gasteiger charge is 2.32. The van der Waals surface area contributed by atoms with Gasteiger partial charge in [-0.25, -0.2) is 0 Å². The monoisotopic (exact) mass is 277 g/mol. The Bertz CT molecular complexity index is 390. The van der Waals surface area contributed by atoms with Gasteiger partial charge in [0, 0.05) is 25.7 Å². The molecule has 1 aliphatic heterocycles. The highest BCUT2D eigenvalue weighted by Crippen LogP contribution is 2.33. The number of hydrogen-bond donors (Lipinski definition) is 1. The van der Waals surface area contributed by atoms with Crippen LogP contribution in [0.1, 0.15) is 37.4 Å². The molecule has 3 heteroatoms. The zero-order chi connectivity index (χ0) is 14.4. The largest absolute Gasteiger partial charge is 0.384 e. The normalized spacial score (nSPS) is 23.9. The van der Waals surface area contributed by atoms with E-state index in [2.05, 4.69) is 43.4 Å². The van der Waals surface area contributed by atoms with Crippen molar-refractivity contribution in [3.63, 3.8) is 0 Å². The highest BCUT2D eigenvalue weighted by atomic mass is 16.5. The summed E-state index contributed by atoms with van der Waals surface area (Å²) in [5.41, 5.74) is 2.71. The van der Waals surface area contributed by atoms with Gasteiger partial charge < -0.3 is 14.8 Å². The van der Waals surface area contributed by atoms with Gasteiger partial charge in [-0.05, 0) is 37.4 Å². The van der Waals surface area contributed by atoms with Gasteiger partial charge in [-0.2, -0.15) is 0 Å². The molecule has 2 rings (SSSR count). The van der Waals surface area contributed by atoms with Crippen LogP contribution in [0.2, 0.25) is 0 Å². The van der Waals surface area contributed by atoms with Gasteiger partial charge in [0.05, 0.1) is 12.7 Å². The van der Waals surface area contributed by atoms with E-state index in [1.807, 2.05) is 0 Å². The van der Waals surface area contributed by atoms with Crippen molar-refractivity contribution in [1.29, 1.82) is 0 Å². The lowest BCUT2D eigenvalue weighted by atomic mass is 9.88. The molecular formula is C17H27NO2. The van der Waals surface area contributed by atoms with Gasteiger partial charge in [0.25, 0.3) is 0 Å². The number of hydrogen-bond acceptors (Lipinski definition) is 3. The predicted molar refractivity (Wildman–Crippen MR) is 82.0 cm³/mol. The van der Waals surface area contributed by atoms with E-state index in [-0.39, 0.29) is 0 Å². The van der Waals surface area contributed by atoms with Crippen LogP contribution in [0.15, 0.2) is 24.3 Å². The maximum Gasteiger partial charge on any atom is 0.0594 e. The fraction of sp³-hybridized carbons (Fsp3) is 0.647. The first-order valence-corrected chi connectivity index (χ1v) is 7.69. The summed E-state index contributed by atoms with van der Waals surface area (Å²) < 4.78 is 10.9. The minimum absolute atomic E-state index is 0.340. The van der Waals surface area contributed by atoms with Crippen LogP contribution >= 0.6 is 0 Å². The van der Waals surface area contributed by atoms with Crippen LogP contribution in [0.3, 0.4) is 0 Å². The molecule has 0 saturated carbocycles. The number of methoxy groups -OCH3 is 1. The molecule has 3 atom stereocenters. The van der Waals surface area contributed by atoms with E-state index < -0.39 is 0 Å². The molecule has 3 unspecified atom stereocenters. The molecule has 1 heterocycles.